The molecule has 1 unspecified atom stereocenters. The summed E-state index contributed by atoms with van der Waals surface area (Å²) in [4.78, 5) is 14.2. The standard InChI is InChI=1S/C15H23NO2/c1-4-11-16(5-2)12-14(15(17)18-3)13-9-7-6-8-10-13/h6-10,14H,4-5,11-12H2,1-3H3. The van der Waals surface area contributed by atoms with Crippen molar-refractivity contribution < 1.29 is 9.53 Å². The van der Waals surface area contributed by atoms with Gasteiger partial charge in [0.1, 0.15) is 0 Å². The topological polar surface area (TPSA) is 29.5 Å². The highest BCUT2D eigenvalue weighted by molar-refractivity contribution is 5.78. The molecule has 0 spiro atoms. The molecular weight excluding hydrogens is 226 g/mol. The molecule has 0 saturated heterocycles. The van der Waals surface area contributed by atoms with Gasteiger partial charge in [-0.2, -0.15) is 0 Å². The highest BCUT2D eigenvalue weighted by Crippen LogP contribution is 2.18. The maximum atomic E-state index is 11.9. The molecule has 0 bridgehead atoms. The smallest absolute Gasteiger partial charge is 0.314 e. The van der Waals surface area contributed by atoms with Crippen molar-refractivity contribution >= 4 is 5.97 Å². The molecule has 0 aliphatic rings. The molecular formula is C15H23NO2. The van der Waals surface area contributed by atoms with Crippen molar-refractivity contribution in [1.29, 1.82) is 0 Å². The van der Waals surface area contributed by atoms with E-state index in [1.807, 2.05) is 30.3 Å². The molecule has 0 aliphatic carbocycles. The summed E-state index contributed by atoms with van der Waals surface area (Å²) in [5.74, 6) is -0.349. The molecule has 1 aromatic rings. The van der Waals surface area contributed by atoms with Gasteiger partial charge in [-0.15, -0.1) is 0 Å². The second-order valence-electron chi connectivity index (χ2n) is 4.38. The Kier molecular flexibility index (Phi) is 6.44. The lowest BCUT2D eigenvalue weighted by Crippen LogP contribution is -2.33. The fraction of sp³-hybridized carbons (Fsp3) is 0.533. The van der Waals surface area contributed by atoms with Crippen LogP contribution in [-0.4, -0.2) is 37.6 Å². The number of carbonyl (C=O) groups is 1. The van der Waals surface area contributed by atoms with Crippen LogP contribution < -0.4 is 0 Å². The van der Waals surface area contributed by atoms with Gasteiger partial charge >= 0.3 is 5.97 Å². The number of ether oxygens (including phenoxy) is 1. The monoisotopic (exact) mass is 249 g/mol. The largest absolute Gasteiger partial charge is 0.469 e. The van der Waals surface area contributed by atoms with Crippen molar-refractivity contribution in [3.05, 3.63) is 35.9 Å². The molecule has 18 heavy (non-hydrogen) atoms. The molecule has 0 saturated carbocycles. The van der Waals surface area contributed by atoms with Crippen LogP contribution in [0.2, 0.25) is 0 Å². The lowest BCUT2D eigenvalue weighted by Gasteiger charge is -2.24. The van der Waals surface area contributed by atoms with E-state index in [0.29, 0.717) is 0 Å². The van der Waals surface area contributed by atoms with Gasteiger partial charge in [0.25, 0.3) is 0 Å². The van der Waals surface area contributed by atoms with Gasteiger partial charge in [-0.25, -0.2) is 0 Å². The van der Waals surface area contributed by atoms with Crippen molar-refractivity contribution in [2.24, 2.45) is 0 Å². The fourth-order valence-corrected chi connectivity index (χ4v) is 2.10. The van der Waals surface area contributed by atoms with Crippen LogP contribution in [0.5, 0.6) is 0 Å². The summed E-state index contributed by atoms with van der Waals surface area (Å²) >= 11 is 0. The molecule has 0 aromatic heterocycles. The molecule has 0 fully saturated rings. The third-order valence-corrected chi connectivity index (χ3v) is 3.12. The van der Waals surface area contributed by atoms with Crippen molar-refractivity contribution in [3.63, 3.8) is 0 Å². The molecule has 3 nitrogen and oxygen atoms in total. The molecule has 1 atom stereocenters. The van der Waals surface area contributed by atoms with Crippen molar-refractivity contribution in [1.82, 2.24) is 4.90 Å². The Morgan fingerprint density at radius 1 is 1.28 bits per heavy atom. The number of carbonyl (C=O) groups excluding carboxylic acids is 1. The van der Waals surface area contributed by atoms with Crippen molar-refractivity contribution in [2.75, 3.05) is 26.7 Å². The van der Waals surface area contributed by atoms with Crippen molar-refractivity contribution in [2.45, 2.75) is 26.2 Å². The SMILES string of the molecule is CCCN(CC)CC(C(=O)OC)c1ccccc1. The summed E-state index contributed by atoms with van der Waals surface area (Å²) in [6.07, 6.45) is 1.09. The average molecular weight is 249 g/mol. The van der Waals surface area contributed by atoms with Gasteiger partial charge in [0, 0.05) is 6.54 Å². The molecule has 0 amide bonds. The lowest BCUT2D eigenvalue weighted by molar-refractivity contribution is -0.142. The first-order chi connectivity index (χ1) is 8.72. The van der Waals surface area contributed by atoms with E-state index < -0.39 is 0 Å². The minimum absolute atomic E-state index is 0.157. The average Bonchev–Trinajstić information content (AvgIpc) is 2.43. The van der Waals surface area contributed by atoms with E-state index in [1.165, 1.54) is 7.11 Å². The summed E-state index contributed by atoms with van der Waals surface area (Å²) in [7, 11) is 1.45. The molecule has 0 N–H and O–H groups in total. The van der Waals surface area contributed by atoms with E-state index in [-0.39, 0.29) is 11.9 Å². The molecule has 0 heterocycles. The minimum atomic E-state index is -0.192. The first kappa shape index (κ1) is 14.7. The van der Waals surface area contributed by atoms with Crippen LogP contribution in [-0.2, 0) is 9.53 Å². The molecule has 100 valence electrons. The molecule has 0 aliphatic heterocycles. The van der Waals surface area contributed by atoms with Gasteiger partial charge in [-0.05, 0) is 25.1 Å². The zero-order valence-electron chi connectivity index (χ0n) is 11.6. The van der Waals surface area contributed by atoms with E-state index >= 15 is 0 Å². The van der Waals surface area contributed by atoms with E-state index in [1.54, 1.807) is 0 Å². The normalized spacial score (nSPS) is 12.4. The predicted octanol–water partition coefficient (Wildman–Crippen LogP) is 2.68. The van der Waals surface area contributed by atoms with E-state index in [9.17, 15) is 4.79 Å². The Bertz CT molecular complexity index is 351. The number of esters is 1. The zero-order chi connectivity index (χ0) is 13.4. The van der Waals surface area contributed by atoms with E-state index in [4.69, 9.17) is 4.74 Å². The Labute approximate surface area is 110 Å². The first-order valence-corrected chi connectivity index (χ1v) is 6.58. The van der Waals surface area contributed by atoms with Gasteiger partial charge in [0.15, 0.2) is 0 Å². The minimum Gasteiger partial charge on any atom is -0.469 e. The van der Waals surface area contributed by atoms with Crippen LogP contribution in [0.1, 0.15) is 31.7 Å². The summed E-state index contributed by atoms with van der Waals surface area (Å²) in [6.45, 7) is 6.96. The summed E-state index contributed by atoms with van der Waals surface area (Å²) < 4.78 is 4.92. The van der Waals surface area contributed by atoms with Crippen LogP contribution in [0, 0.1) is 0 Å². The van der Waals surface area contributed by atoms with Gasteiger partial charge in [-0.3, -0.25) is 4.79 Å². The number of hydrogen-bond donors (Lipinski definition) is 0. The quantitative estimate of drug-likeness (QED) is 0.696. The third kappa shape index (κ3) is 4.15. The second kappa shape index (κ2) is 7.88. The number of benzene rings is 1. The van der Waals surface area contributed by atoms with Crippen LogP contribution in [0.15, 0.2) is 30.3 Å². The molecule has 0 radical (unpaired) electrons. The number of likely N-dealkylation sites (N-methyl/N-ethyl adjacent to an activating group) is 1. The van der Waals surface area contributed by atoms with Crippen molar-refractivity contribution in [3.8, 4) is 0 Å². The number of hydrogen-bond acceptors (Lipinski definition) is 3. The maximum Gasteiger partial charge on any atom is 0.314 e. The Balaban J connectivity index is 2.82. The highest BCUT2D eigenvalue weighted by atomic mass is 16.5. The van der Waals surface area contributed by atoms with Crippen LogP contribution >= 0.6 is 0 Å². The van der Waals surface area contributed by atoms with Crippen LogP contribution in [0.4, 0.5) is 0 Å². The predicted molar refractivity (Wildman–Crippen MR) is 73.6 cm³/mol. The van der Waals surface area contributed by atoms with Gasteiger partial charge in [0.05, 0.1) is 13.0 Å². The maximum absolute atomic E-state index is 11.9. The molecule has 3 heteroatoms. The Hall–Kier alpha value is -1.35. The first-order valence-electron chi connectivity index (χ1n) is 6.58. The number of rotatable bonds is 7. The third-order valence-electron chi connectivity index (χ3n) is 3.12. The molecule has 1 aromatic carbocycles. The highest BCUT2D eigenvalue weighted by Gasteiger charge is 2.23. The Morgan fingerprint density at radius 2 is 1.94 bits per heavy atom. The molecule has 1 rings (SSSR count). The Morgan fingerprint density at radius 3 is 2.44 bits per heavy atom. The lowest BCUT2D eigenvalue weighted by atomic mass is 9.98. The summed E-state index contributed by atoms with van der Waals surface area (Å²) in [6, 6.07) is 9.85. The summed E-state index contributed by atoms with van der Waals surface area (Å²) in [5.41, 5.74) is 1.03. The van der Waals surface area contributed by atoms with Gasteiger partial charge in [0.2, 0.25) is 0 Å². The van der Waals surface area contributed by atoms with Gasteiger partial charge < -0.3 is 9.64 Å². The van der Waals surface area contributed by atoms with E-state index in [2.05, 4.69) is 18.7 Å². The zero-order valence-corrected chi connectivity index (χ0v) is 11.6. The van der Waals surface area contributed by atoms with Crippen LogP contribution in [0.3, 0.4) is 0 Å². The number of methoxy groups -OCH3 is 1. The second-order valence-corrected chi connectivity index (χ2v) is 4.38. The van der Waals surface area contributed by atoms with Crippen LogP contribution in [0.25, 0.3) is 0 Å². The number of nitrogens with zero attached hydrogens (tertiary/aromatic N) is 1. The fourth-order valence-electron chi connectivity index (χ4n) is 2.10. The summed E-state index contributed by atoms with van der Waals surface area (Å²) in [5, 5.41) is 0. The van der Waals surface area contributed by atoms with E-state index in [0.717, 1.165) is 31.6 Å². The van der Waals surface area contributed by atoms with Gasteiger partial charge in [-0.1, -0.05) is 44.2 Å².